The molecule has 0 aromatic heterocycles. The van der Waals surface area contributed by atoms with Crippen molar-refractivity contribution in [2.24, 2.45) is 5.73 Å². The molecule has 0 aliphatic rings. The first kappa shape index (κ1) is 92.6. The Kier molecular flexibility index (Phi) is 77.0. The minimum Gasteiger partial charge on any atom is -0.462 e. The molecular formula is C87H148NO8P. The average Bonchev–Trinajstić information content (AvgIpc) is 2.69. The Balaban J connectivity index is 3.84. The van der Waals surface area contributed by atoms with Crippen molar-refractivity contribution in [3.8, 4) is 0 Å². The molecule has 0 radical (unpaired) electrons. The lowest BCUT2D eigenvalue weighted by molar-refractivity contribution is -0.161. The van der Waals surface area contributed by atoms with Gasteiger partial charge in [0.1, 0.15) is 6.61 Å². The van der Waals surface area contributed by atoms with Gasteiger partial charge < -0.3 is 20.1 Å². The number of rotatable bonds is 74. The molecule has 0 aliphatic heterocycles. The SMILES string of the molecule is CC/C=C\C/C=C\C/C=C\C/C=C\C/C=C\C/C=C\C/C=C\C/C=C\C/C=C\CCCCCCCCCC(=O)OC(COC(=O)CCCCCCCCCCCCCCCCCCCCCCCCCCCCCC/C=C\C/C=C\C/C=C\C/C=C\CC)COP(=O)(O)OCCN. The van der Waals surface area contributed by atoms with E-state index in [2.05, 4.69) is 172 Å². The molecule has 10 heteroatoms. The Labute approximate surface area is 598 Å². The van der Waals surface area contributed by atoms with Gasteiger partial charge in [0.05, 0.1) is 13.2 Å². The van der Waals surface area contributed by atoms with Gasteiger partial charge in [-0.05, 0) is 122 Å². The topological polar surface area (TPSA) is 134 Å². The Hall–Kier alpha value is -4.37. The van der Waals surface area contributed by atoms with Crippen molar-refractivity contribution in [3.63, 3.8) is 0 Å². The minimum absolute atomic E-state index is 0.0460. The predicted octanol–water partition coefficient (Wildman–Crippen LogP) is 27.1. The van der Waals surface area contributed by atoms with E-state index in [0.29, 0.717) is 6.42 Å². The number of nitrogens with two attached hydrogens (primary N) is 1. The molecule has 2 unspecified atom stereocenters. The molecule has 0 amide bonds. The number of carbonyl (C=O) groups is 2. The van der Waals surface area contributed by atoms with E-state index in [4.69, 9.17) is 24.3 Å². The third-order valence-electron chi connectivity index (χ3n) is 16.9. The standard InChI is InChI=1S/C87H148NO8P/c1-3-5-7-9-11-13-15-17-19-21-23-25-27-29-31-33-35-37-39-40-41-42-43-44-46-47-49-51-53-55-57-59-61-63-65-67-69-71-73-75-77-79-86(89)93-83-85(84-95-97(91,92)94-82-81-88)96-87(90)80-78-76-74-72-70-68-66-64-62-60-58-56-54-52-50-48-45-38-36-34-32-30-28-26-24-22-20-18-16-14-12-10-8-6-4-2/h5-8,11-14,17-20,23-26,30,32,36,38,48,50,54,56,60,62,85H,3-4,9-10,15-16,21-22,27-29,31,33-35,37,39-47,49,51-53,55,57-59,61,63-84,88H2,1-2H3,(H,91,92)/b7-5-,8-6-,13-11-,14-12-,19-17-,20-18-,25-23-,26-24-,32-30-,38-36-,50-48-,56-54-,62-60-. The number of hydrogen-bond donors (Lipinski definition) is 2. The van der Waals surface area contributed by atoms with Crippen LogP contribution in [0.2, 0.25) is 0 Å². The van der Waals surface area contributed by atoms with Crippen LogP contribution in [0.15, 0.2) is 158 Å². The van der Waals surface area contributed by atoms with Crippen LogP contribution in [0.4, 0.5) is 0 Å². The Morgan fingerprint density at radius 2 is 0.536 bits per heavy atom. The lowest BCUT2D eigenvalue weighted by atomic mass is 10.0. The normalized spacial score (nSPS) is 13.7. The first-order valence-corrected chi connectivity index (χ1v) is 41.5. The van der Waals surface area contributed by atoms with Crippen molar-refractivity contribution in [1.82, 2.24) is 0 Å². The van der Waals surface area contributed by atoms with Gasteiger partial charge in [-0.1, -0.05) is 371 Å². The quantitative estimate of drug-likeness (QED) is 0.0264. The molecule has 9 nitrogen and oxygen atoms in total. The summed E-state index contributed by atoms with van der Waals surface area (Å²) in [5.74, 6) is -0.836. The number of allylic oxidation sites excluding steroid dienone is 26. The van der Waals surface area contributed by atoms with E-state index in [1.165, 1.54) is 186 Å². The van der Waals surface area contributed by atoms with Gasteiger partial charge in [0.25, 0.3) is 0 Å². The van der Waals surface area contributed by atoms with Crippen LogP contribution in [-0.2, 0) is 32.7 Å². The summed E-state index contributed by atoms with van der Waals surface area (Å²) in [4.78, 5) is 35.5. The highest BCUT2D eigenvalue weighted by Crippen LogP contribution is 2.43. The van der Waals surface area contributed by atoms with Gasteiger partial charge in [-0.2, -0.15) is 0 Å². The van der Waals surface area contributed by atoms with Gasteiger partial charge in [-0.3, -0.25) is 18.6 Å². The van der Waals surface area contributed by atoms with E-state index in [1.807, 2.05) is 0 Å². The molecule has 0 rings (SSSR count). The largest absolute Gasteiger partial charge is 0.472 e. The lowest BCUT2D eigenvalue weighted by Gasteiger charge is -2.19. The first-order valence-electron chi connectivity index (χ1n) is 40.0. The van der Waals surface area contributed by atoms with Gasteiger partial charge in [-0.25, -0.2) is 4.57 Å². The van der Waals surface area contributed by atoms with Crippen molar-refractivity contribution < 1.29 is 37.6 Å². The third-order valence-corrected chi connectivity index (χ3v) is 17.9. The molecule has 97 heavy (non-hydrogen) atoms. The molecular weight excluding hydrogens is 1220 g/mol. The van der Waals surface area contributed by atoms with Crippen LogP contribution >= 0.6 is 7.82 Å². The summed E-state index contributed by atoms with van der Waals surface area (Å²) in [6.45, 7) is 3.53. The second-order valence-corrected chi connectivity index (χ2v) is 27.6. The van der Waals surface area contributed by atoms with E-state index < -0.39 is 26.5 Å². The molecule has 3 N–H and O–H groups in total. The highest BCUT2D eigenvalue weighted by atomic mass is 31.2. The maximum Gasteiger partial charge on any atom is 0.472 e. The maximum atomic E-state index is 12.8. The molecule has 0 heterocycles. The molecule has 2 atom stereocenters. The summed E-state index contributed by atoms with van der Waals surface area (Å²) in [5.41, 5.74) is 5.41. The zero-order valence-electron chi connectivity index (χ0n) is 62.5. The number of hydrogen-bond acceptors (Lipinski definition) is 8. The van der Waals surface area contributed by atoms with Crippen LogP contribution in [0, 0.1) is 0 Å². The van der Waals surface area contributed by atoms with Crippen LogP contribution in [-0.4, -0.2) is 49.3 Å². The lowest BCUT2D eigenvalue weighted by Crippen LogP contribution is -2.29. The van der Waals surface area contributed by atoms with E-state index >= 15 is 0 Å². The molecule has 0 aromatic carbocycles. The van der Waals surface area contributed by atoms with Gasteiger partial charge >= 0.3 is 19.8 Å². The summed E-state index contributed by atoms with van der Waals surface area (Å²) in [6.07, 6.45) is 118. The Bertz CT molecular complexity index is 2160. The molecule has 0 fully saturated rings. The predicted molar refractivity (Wildman–Crippen MR) is 422 cm³/mol. The van der Waals surface area contributed by atoms with Crippen LogP contribution in [0.1, 0.15) is 348 Å². The zero-order valence-corrected chi connectivity index (χ0v) is 63.4. The van der Waals surface area contributed by atoms with E-state index in [0.717, 1.165) is 128 Å². The van der Waals surface area contributed by atoms with E-state index in [1.54, 1.807) is 0 Å². The highest BCUT2D eigenvalue weighted by Gasteiger charge is 2.26. The van der Waals surface area contributed by atoms with Crippen LogP contribution in [0.25, 0.3) is 0 Å². The average molecular weight is 1370 g/mol. The molecule has 0 bridgehead atoms. The minimum atomic E-state index is -4.41. The monoisotopic (exact) mass is 1370 g/mol. The number of carbonyl (C=O) groups excluding carboxylic acids is 2. The number of ether oxygens (including phenoxy) is 2. The van der Waals surface area contributed by atoms with Gasteiger partial charge in [-0.15, -0.1) is 0 Å². The maximum absolute atomic E-state index is 12.8. The summed E-state index contributed by atoms with van der Waals surface area (Å²) in [7, 11) is -4.41. The number of unbranched alkanes of at least 4 members (excludes halogenated alkanes) is 35. The summed E-state index contributed by atoms with van der Waals surface area (Å²) in [5, 5.41) is 0. The fourth-order valence-corrected chi connectivity index (χ4v) is 11.9. The van der Waals surface area contributed by atoms with Crippen LogP contribution < -0.4 is 5.73 Å². The molecule has 0 aliphatic carbocycles. The summed E-state index contributed by atoms with van der Waals surface area (Å²) < 4.78 is 33.3. The van der Waals surface area contributed by atoms with E-state index in [9.17, 15) is 19.0 Å². The smallest absolute Gasteiger partial charge is 0.462 e. The van der Waals surface area contributed by atoms with Crippen molar-refractivity contribution in [2.75, 3.05) is 26.4 Å². The zero-order chi connectivity index (χ0) is 70.0. The van der Waals surface area contributed by atoms with Gasteiger partial charge in [0.15, 0.2) is 6.10 Å². The second kappa shape index (κ2) is 80.6. The van der Waals surface area contributed by atoms with Crippen LogP contribution in [0.3, 0.4) is 0 Å². The molecule has 0 spiro atoms. The van der Waals surface area contributed by atoms with Crippen molar-refractivity contribution in [1.29, 1.82) is 0 Å². The van der Waals surface area contributed by atoms with Crippen molar-refractivity contribution >= 4 is 19.8 Å². The van der Waals surface area contributed by atoms with Crippen LogP contribution in [0.5, 0.6) is 0 Å². The second-order valence-electron chi connectivity index (χ2n) is 26.2. The molecule has 0 saturated carbocycles. The highest BCUT2D eigenvalue weighted by molar-refractivity contribution is 7.47. The molecule has 0 aromatic rings. The summed E-state index contributed by atoms with van der Waals surface area (Å²) in [6, 6.07) is 0. The molecule has 554 valence electrons. The summed E-state index contributed by atoms with van der Waals surface area (Å²) >= 11 is 0. The Morgan fingerprint density at radius 1 is 0.309 bits per heavy atom. The number of phosphoric acid groups is 1. The molecule has 0 saturated heterocycles. The van der Waals surface area contributed by atoms with E-state index in [-0.39, 0.29) is 38.6 Å². The number of esters is 2. The van der Waals surface area contributed by atoms with Gasteiger partial charge in [0, 0.05) is 19.4 Å². The number of phosphoric ester groups is 1. The fourth-order valence-electron chi connectivity index (χ4n) is 11.1. The fraction of sp³-hybridized carbons (Fsp3) is 0.678. The van der Waals surface area contributed by atoms with Gasteiger partial charge in [0.2, 0.25) is 0 Å². The first-order chi connectivity index (χ1) is 47.8. The third kappa shape index (κ3) is 80.5. The van der Waals surface area contributed by atoms with Crippen molar-refractivity contribution in [2.45, 2.75) is 354 Å². The Morgan fingerprint density at radius 3 is 0.794 bits per heavy atom. The van der Waals surface area contributed by atoms with Crippen molar-refractivity contribution in [3.05, 3.63) is 158 Å².